The van der Waals surface area contributed by atoms with Crippen LogP contribution in [0.4, 0.5) is 18.9 Å². The lowest BCUT2D eigenvalue weighted by atomic mass is 10.1. The Morgan fingerprint density at radius 3 is 2.64 bits per heavy atom. The van der Waals surface area contributed by atoms with Crippen LogP contribution in [0.3, 0.4) is 0 Å². The number of hydrogen-bond acceptors (Lipinski definition) is 3. The molecule has 1 saturated heterocycles. The molecular weight excluding hydrogens is 319 g/mol. The van der Waals surface area contributed by atoms with Crippen molar-refractivity contribution in [3.05, 3.63) is 28.8 Å². The molecule has 4 nitrogen and oxygen atoms in total. The molecule has 2 atom stereocenters. The highest BCUT2D eigenvalue weighted by molar-refractivity contribution is 6.31. The van der Waals surface area contributed by atoms with Gasteiger partial charge >= 0.3 is 6.18 Å². The molecule has 1 aromatic rings. The van der Waals surface area contributed by atoms with Crippen molar-refractivity contribution >= 4 is 23.2 Å². The Bertz CT molecular complexity index is 589. The van der Waals surface area contributed by atoms with Gasteiger partial charge in [0.05, 0.1) is 10.6 Å². The third-order valence-corrected chi connectivity index (χ3v) is 4.31. The first-order valence-corrected chi connectivity index (χ1v) is 7.41. The molecule has 1 amide bonds. The second-order valence-electron chi connectivity index (χ2n) is 5.70. The number of carbonyl (C=O) groups excluding carboxylic acids is 1. The third kappa shape index (κ3) is 3.37. The van der Waals surface area contributed by atoms with Gasteiger partial charge in [0.2, 0.25) is 5.91 Å². The Balaban J connectivity index is 1.66. The summed E-state index contributed by atoms with van der Waals surface area (Å²) in [6.45, 7) is 0. The van der Waals surface area contributed by atoms with Gasteiger partial charge in [0.15, 0.2) is 0 Å². The van der Waals surface area contributed by atoms with E-state index in [2.05, 4.69) is 16.2 Å². The number of nitrogens with one attached hydrogen (secondary N) is 3. The van der Waals surface area contributed by atoms with Crippen molar-refractivity contribution in [3.63, 3.8) is 0 Å². The Kier molecular flexibility index (Phi) is 4.05. The Labute approximate surface area is 130 Å². The molecular formula is C14H15ClF3N3O. The molecule has 3 rings (SSSR count). The number of rotatable bonds is 3. The van der Waals surface area contributed by atoms with Crippen molar-refractivity contribution in [1.29, 1.82) is 0 Å². The number of benzene rings is 1. The van der Waals surface area contributed by atoms with Gasteiger partial charge in [0, 0.05) is 11.7 Å². The molecule has 0 bridgehead atoms. The van der Waals surface area contributed by atoms with Gasteiger partial charge in [-0.25, -0.2) is 5.43 Å². The summed E-state index contributed by atoms with van der Waals surface area (Å²) < 4.78 is 38.4. The summed E-state index contributed by atoms with van der Waals surface area (Å²) in [6.07, 6.45) is -1.61. The number of hydrazine groups is 1. The molecule has 0 spiro atoms. The summed E-state index contributed by atoms with van der Waals surface area (Å²) in [5.74, 6) is 0.240. The minimum atomic E-state index is -4.55. The van der Waals surface area contributed by atoms with E-state index >= 15 is 0 Å². The maximum atomic E-state index is 12.8. The predicted octanol–water partition coefficient (Wildman–Crippen LogP) is 2.94. The van der Waals surface area contributed by atoms with Crippen LogP contribution in [0, 0.1) is 5.92 Å². The normalized spacial score (nSPS) is 25.3. The zero-order valence-corrected chi connectivity index (χ0v) is 12.3. The zero-order chi connectivity index (χ0) is 15.9. The Morgan fingerprint density at radius 1 is 1.27 bits per heavy atom. The Hall–Kier alpha value is -1.31. The lowest BCUT2D eigenvalue weighted by Gasteiger charge is -2.14. The van der Waals surface area contributed by atoms with Crippen LogP contribution in [-0.2, 0) is 11.0 Å². The second-order valence-corrected chi connectivity index (χ2v) is 6.11. The van der Waals surface area contributed by atoms with Crippen molar-refractivity contribution in [2.24, 2.45) is 5.92 Å². The van der Waals surface area contributed by atoms with Gasteiger partial charge in [-0.1, -0.05) is 11.6 Å². The number of halogens is 4. The van der Waals surface area contributed by atoms with E-state index in [0.717, 1.165) is 25.0 Å². The van der Waals surface area contributed by atoms with Crippen molar-refractivity contribution in [2.45, 2.75) is 37.5 Å². The largest absolute Gasteiger partial charge is 0.417 e. The van der Waals surface area contributed by atoms with E-state index in [4.69, 9.17) is 11.6 Å². The summed E-state index contributed by atoms with van der Waals surface area (Å²) in [6, 6.07) is 3.15. The van der Waals surface area contributed by atoms with Gasteiger partial charge < -0.3 is 5.32 Å². The van der Waals surface area contributed by atoms with Gasteiger partial charge in [-0.2, -0.15) is 13.2 Å². The summed E-state index contributed by atoms with van der Waals surface area (Å²) >= 11 is 5.55. The quantitative estimate of drug-likeness (QED) is 0.797. The zero-order valence-electron chi connectivity index (χ0n) is 11.5. The SMILES string of the molecule is O=C(Nc1ccc(Cl)c(C(F)(F)F)c1)C1CC(C2CC2)NN1. The van der Waals surface area contributed by atoms with Crippen molar-refractivity contribution in [2.75, 3.05) is 5.32 Å². The fourth-order valence-corrected chi connectivity index (χ4v) is 2.84. The van der Waals surface area contributed by atoms with Gasteiger partial charge in [-0.05, 0) is 43.4 Å². The molecule has 2 fully saturated rings. The van der Waals surface area contributed by atoms with Crippen molar-refractivity contribution in [3.8, 4) is 0 Å². The van der Waals surface area contributed by atoms with E-state index in [-0.39, 0.29) is 22.7 Å². The number of carbonyl (C=O) groups is 1. The van der Waals surface area contributed by atoms with E-state index in [9.17, 15) is 18.0 Å². The van der Waals surface area contributed by atoms with Crippen LogP contribution in [0.1, 0.15) is 24.8 Å². The molecule has 2 unspecified atom stereocenters. The highest BCUT2D eigenvalue weighted by Crippen LogP contribution is 2.37. The minimum absolute atomic E-state index is 0.0818. The molecule has 0 radical (unpaired) electrons. The Morgan fingerprint density at radius 2 is 2.00 bits per heavy atom. The monoisotopic (exact) mass is 333 g/mol. The summed E-state index contributed by atoms with van der Waals surface area (Å²) in [7, 11) is 0. The van der Waals surface area contributed by atoms with E-state index in [0.29, 0.717) is 12.3 Å². The average molecular weight is 334 g/mol. The standard InChI is InChI=1S/C14H15ClF3N3O/c15-10-4-3-8(5-9(10)14(16,17)18)19-13(22)12-6-11(20-21-12)7-1-2-7/h3-5,7,11-12,20-21H,1-2,6H2,(H,19,22). The van der Waals surface area contributed by atoms with E-state index in [1.165, 1.54) is 6.07 Å². The number of hydrogen-bond donors (Lipinski definition) is 3. The lowest BCUT2D eigenvalue weighted by molar-refractivity contribution is -0.137. The van der Waals surface area contributed by atoms with Gasteiger partial charge in [0.1, 0.15) is 6.04 Å². The summed E-state index contributed by atoms with van der Waals surface area (Å²) in [5, 5.41) is 2.11. The van der Waals surface area contributed by atoms with E-state index in [1.807, 2.05) is 0 Å². The van der Waals surface area contributed by atoms with Crippen LogP contribution in [0.25, 0.3) is 0 Å². The predicted molar refractivity (Wildman–Crippen MR) is 76.3 cm³/mol. The molecule has 8 heteroatoms. The summed E-state index contributed by atoms with van der Waals surface area (Å²) in [4.78, 5) is 12.1. The molecule has 2 aliphatic rings. The average Bonchev–Trinajstić information content (AvgIpc) is 3.17. The second kappa shape index (κ2) is 5.72. The minimum Gasteiger partial charge on any atom is -0.325 e. The van der Waals surface area contributed by atoms with Gasteiger partial charge in [0.25, 0.3) is 0 Å². The fraction of sp³-hybridized carbons (Fsp3) is 0.500. The van der Waals surface area contributed by atoms with Crippen LogP contribution in [-0.4, -0.2) is 18.0 Å². The summed E-state index contributed by atoms with van der Waals surface area (Å²) in [5.41, 5.74) is 5.09. The van der Waals surface area contributed by atoms with E-state index in [1.54, 1.807) is 0 Å². The number of alkyl halides is 3. The highest BCUT2D eigenvalue weighted by atomic mass is 35.5. The molecule has 22 heavy (non-hydrogen) atoms. The molecule has 1 aliphatic heterocycles. The van der Waals surface area contributed by atoms with Gasteiger partial charge in [-0.3, -0.25) is 10.2 Å². The molecule has 1 saturated carbocycles. The number of amides is 1. The lowest BCUT2D eigenvalue weighted by Crippen LogP contribution is -2.40. The van der Waals surface area contributed by atoms with Crippen molar-refractivity contribution in [1.82, 2.24) is 10.9 Å². The maximum absolute atomic E-state index is 12.8. The maximum Gasteiger partial charge on any atom is 0.417 e. The smallest absolute Gasteiger partial charge is 0.325 e. The van der Waals surface area contributed by atoms with Crippen LogP contribution < -0.4 is 16.2 Å². The van der Waals surface area contributed by atoms with Crippen LogP contribution in [0.15, 0.2) is 18.2 Å². The van der Waals surface area contributed by atoms with E-state index < -0.39 is 17.8 Å². The highest BCUT2D eigenvalue weighted by Gasteiger charge is 2.39. The molecule has 1 aliphatic carbocycles. The molecule has 3 N–H and O–H groups in total. The third-order valence-electron chi connectivity index (χ3n) is 3.98. The van der Waals surface area contributed by atoms with Crippen LogP contribution >= 0.6 is 11.6 Å². The number of anilines is 1. The molecule has 1 aromatic carbocycles. The topological polar surface area (TPSA) is 53.2 Å². The molecule has 0 aromatic heterocycles. The first-order valence-electron chi connectivity index (χ1n) is 7.03. The van der Waals surface area contributed by atoms with Crippen molar-refractivity contribution < 1.29 is 18.0 Å². The van der Waals surface area contributed by atoms with Gasteiger partial charge in [-0.15, -0.1) is 0 Å². The van der Waals surface area contributed by atoms with Crippen LogP contribution in [0.2, 0.25) is 5.02 Å². The molecule has 1 heterocycles. The van der Waals surface area contributed by atoms with Crippen LogP contribution in [0.5, 0.6) is 0 Å². The first kappa shape index (κ1) is 15.6. The molecule has 120 valence electrons. The fourth-order valence-electron chi connectivity index (χ4n) is 2.61. The first-order chi connectivity index (χ1) is 10.3.